The van der Waals surface area contributed by atoms with Gasteiger partial charge in [0.15, 0.2) is 0 Å². The lowest BCUT2D eigenvalue weighted by Gasteiger charge is -2.04. The van der Waals surface area contributed by atoms with Crippen molar-refractivity contribution < 1.29 is 0 Å². The van der Waals surface area contributed by atoms with Gasteiger partial charge in [0.2, 0.25) is 0 Å². The van der Waals surface area contributed by atoms with E-state index in [9.17, 15) is 0 Å². The van der Waals surface area contributed by atoms with Crippen LogP contribution < -0.4 is 0 Å². The number of halogens is 4. The van der Waals surface area contributed by atoms with Gasteiger partial charge in [0.25, 0.3) is 0 Å². The van der Waals surface area contributed by atoms with Crippen LogP contribution in [0.25, 0.3) is 0 Å². The second-order valence-electron chi connectivity index (χ2n) is 3.62. The molecule has 2 aromatic rings. The summed E-state index contributed by atoms with van der Waals surface area (Å²) in [6.07, 6.45) is 0. The van der Waals surface area contributed by atoms with E-state index < -0.39 is 0 Å². The molecule has 0 spiro atoms. The Balaban J connectivity index is 1.96. The first kappa shape index (κ1) is 15.7. The van der Waals surface area contributed by atoms with Crippen LogP contribution in [-0.4, -0.2) is 5.08 Å². The van der Waals surface area contributed by atoms with Gasteiger partial charge in [0, 0.05) is 35.0 Å². The highest BCUT2D eigenvalue weighted by atomic mass is 35.5. The summed E-state index contributed by atoms with van der Waals surface area (Å²) in [5.41, 5.74) is 0. The van der Waals surface area contributed by atoms with Gasteiger partial charge in [-0.2, -0.15) is 0 Å². The molecule has 0 bridgehead atoms. The van der Waals surface area contributed by atoms with E-state index in [4.69, 9.17) is 46.4 Å². The molecule has 0 saturated carbocycles. The summed E-state index contributed by atoms with van der Waals surface area (Å²) in [5.74, 6) is 0. The minimum atomic E-state index is 0.644. The average molecular weight is 370 g/mol. The van der Waals surface area contributed by atoms with E-state index in [0.717, 1.165) is 14.9 Å². The van der Waals surface area contributed by atoms with Crippen LogP contribution >= 0.6 is 69.9 Å². The number of hydrogen-bond donors (Lipinski definition) is 0. The van der Waals surface area contributed by atoms with E-state index in [-0.39, 0.29) is 0 Å². The van der Waals surface area contributed by atoms with Crippen LogP contribution in [0.1, 0.15) is 0 Å². The van der Waals surface area contributed by atoms with Crippen LogP contribution in [0.3, 0.4) is 0 Å². The molecule has 0 aliphatic heterocycles. The lowest BCUT2D eigenvalue weighted by molar-refractivity contribution is 1.45. The van der Waals surface area contributed by atoms with Crippen molar-refractivity contribution in [1.29, 1.82) is 0 Å². The molecule has 2 rings (SSSR count). The normalized spacial score (nSPS) is 10.7. The number of hydrogen-bond acceptors (Lipinski definition) is 2. The SMILES string of the molecule is Clc1cc(Cl)cc(SCSc2cc(Cl)cc(Cl)c2)c1. The van der Waals surface area contributed by atoms with E-state index in [1.54, 1.807) is 35.7 Å². The molecule has 6 heteroatoms. The quantitative estimate of drug-likeness (QED) is 0.414. The van der Waals surface area contributed by atoms with Crippen molar-refractivity contribution in [3.8, 4) is 0 Å². The van der Waals surface area contributed by atoms with Gasteiger partial charge in [-0.25, -0.2) is 0 Å². The number of rotatable bonds is 4. The minimum absolute atomic E-state index is 0.644. The molecule has 0 amide bonds. The third-order valence-corrected chi connectivity index (χ3v) is 5.08. The molecule has 0 atom stereocenters. The van der Waals surface area contributed by atoms with Gasteiger partial charge in [0.1, 0.15) is 0 Å². The van der Waals surface area contributed by atoms with Gasteiger partial charge in [-0.1, -0.05) is 46.4 Å². The Labute approximate surface area is 140 Å². The van der Waals surface area contributed by atoms with Gasteiger partial charge in [-0.05, 0) is 36.4 Å². The number of thioether (sulfide) groups is 2. The molecule has 19 heavy (non-hydrogen) atoms. The van der Waals surface area contributed by atoms with Crippen LogP contribution in [0.2, 0.25) is 20.1 Å². The molecular formula is C13H8Cl4S2. The van der Waals surface area contributed by atoms with Crippen molar-refractivity contribution in [2.75, 3.05) is 5.08 Å². The Morgan fingerprint density at radius 2 is 0.895 bits per heavy atom. The lowest BCUT2D eigenvalue weighted by Crippen LogP contribution is -1.77. The summed E-state index contributed by atoms with van der Waals surface area (Å²) in [7, 11) is 0. The Bertz CT molecular complexity index is 495. The van der Waals surface area contributed by atoms with Crippen molar-refractivity contribution in [1.82, 2.24) is 0 Å². The van der Waals surface area contributed by atoms with Crippen LogP contribution in [0, 0.1) is 0 Å². The first-order chi connectivity index (χ1) is 9.02. The maximum absolute atomic E-state index is 5.95. The summed E-state index contributed by atoms with van der Waals surface area (Å²) >= 11 is 27.1. The zero-order valence-corrected chi connectivity index (χ0v) is 14.2. The third-order valence-electron chi connectivity index (χ3n) is 2.12. The predicted octanol–water partition coefficient (Wildman–Crippen LogP) is 7.14. The molecule has 0 nitrogen and oxygen atoms in total. The fraction of sp³-hybridized carbons (Fsp3) is 0.0769. The highest BCUT2D eigenvalue weighted by molar-refractivity contribution is 8.16. The molecule has 0 aromatic heterocycles. The van der Waals surface area contributed by atoms with E-state index >= 15 is 0 Å². The molecular weight excluding hydrogens is 362 g/mol. The Morgan fingerprint density at radius 3 is 1.21 bits per heavy atom. The first-order valence-corrected chi connectivity index (χ1v) is 8.69. The molecule has 0 saturated heterocycles. The summed E-state index contributed by atoms with van der Waals surface area (Å²) in [6.45, 7) is 0. The van der Waals surface area contributed by atoms with Gasteiger partial charge >= 0.3 is 0 Å². The van der Waals surface area contributed by atoms with Crippen LogP contribution in [0.4, 0.5) is 0 Å². The topological polar surface area (TPSA) is 0 Å². The number of benzene rings is 2. The van der Waals surface area contributed by atoms with Gasteiger partial charge < -0.3 is 0 Å². The van der Waals surface area contributed by atoms with Crippen molar-refractivity contribution in [2.24, 2.45) is 0 Å². The summed E-state index contributed by atoms with van der Waals surface area (Å²) < 4.78 is 0. The smallest absolute Gasteiger partial charge is 0.0486 e. The molecule has 0 fully saturated rings. The Kier molecular flexibility index (Phi) is 6.07. The van der Waals surface area contributed by atoms with Gasteiger partial charge in [-0.15, -0.1) is 23.5 Å². The zero-order valence-electron chi connectivity index (χ0n) is 9.50. The molecule has 0 aliphatic carbocycles. The molecule has 0 N–H and O–H groups in total. The highest BCUT2D eigenvalue weighted by Gasteiger charge is 2.02. The molecule has 0 aliphatic rings. The fourth-order valence-corrected chi connectivity index (χ4v) is 4.87. The highest BCUT2D eigenvalue weighted by Crippen LogP contribution is 2.33. The van der Waals surface area contributed by atoms with E-state index in [1.165, 1.54) is 0 Å². The van der Waals surface area contributed by atoms with Crippen molar-refractivity contribution in [2.45, 2.75) is 9.79 Å². The second-order valence-corrected chi connectivity index (χ2v) is 7.83. The first-order valence-electron chi connectivity index (χ1n) is 5.21. The van der Waals surface area contributed by atoms with E-state index in [0.29, 0.717) is 20.1 Å². The minimum Gasteiger partial charge on any atom is -0.115 e. The van der Waals surface area contributed by atoms with Crippen LogP contribution in [0.15, 0.2) is 46.2 Å². The monoisotopic (exact) mass is 368 g/mol. The molecule has 0 unspecified atom stereocenters. The molecule has 0 radical (unpaired) electrons. The third kappa shape index (κ3) is 5.30. The fourth-order valence-electron chi connectivity index (χ4n) is 1.39. The van der Waals surface area contributed by atoms with Gasteiger partial charge in [0.05, 0.1) is 0 Å². The second kappa shape index (κ2) is 7.35. The Morgan fingerprint density at radius 1 is 0.579 bits per heavy atom. The van der Waals surface area contributed by atoms with E-state index in [1.807, 2.05) is 24.3 Å². The largest absolute Gasteiger partial charge is 0.115 e. The van der Waals surface area contributed by atoms with E-state index in [2.05, 4.69) is 0 Å². The molecule has 0 heterocycles. The van der Waals surface area contributed by atoms with Crippen LogP contribution in [-0.2, 0) is 0 Å². The zero-order chi connectivity index (χ0) is 13.8. The lowest BCUT2D eigenvalue weighted by atomic mass is 10.4. The standard InChI is InChI=1S/C13H8Cl4S2/c14-8-1-9(15)4-12(3-8)18-7-19-13-5-10(16)2-11(17)6-13/h1-6H,7H2. The van der Waals surface area contributed by atoms with Crippen molar-refractivity contribution in [3.63, 3.8) is 0 Å². The van der Waals surface area contributed by atoms with Crippen molar-refractivity contribution in [3.05, 3.63) is 56.5 Å². The van der Waals surface area contributed by atoms with Crippen molar-refractivity contribution >= 4 is 69.9 Å². The maximum Gasteiger partial charge on any atom is 0.0486 e. The average Bonchev–Trinajstić information content (AvgIpc) is 2.26. The molecule has 2 aromatic carbocycles. The van der Waals surface area contributed by atoms with Gasteiger partial charge in [-0.3, -0.25) is 0 Å². The Hall–Kier alpha value is 0.300. The maximum atomic E-state index is 5.95. The molecule has 100 valence electrons. The predicted molar refractivity (Wildman–Crippen MR) is 89.5 cm³/mol. The summed E-state index contributed by atoms with van der Waals surface area (Å²) in [5, 5.41) is 3.40. The van der Waals surface area contributed by atoms with Crippen LogP contribution in [0.5, 0.6) is 0 Å². The summed E-state index contributed by atoms with van der Waals surface area (Å²) in [6, 6.07) is 11.0. The summed E-state index contributed by atoms with van der Waals surface area (Å²) in [4.78, 5) is 2.08.